The number of amides is 1. The summed E-state index contributed by atoms with van der Waals surface area (Å²) in [5, 5.41) is 5.58. The van der Waals surface area contributed by atoms with Crippen LogP contribution in [-0.4, -0.2) is 25.5 Å². The Morgan fingerprint density at radius 2 is 1.59 bits per heavy atom. The molecule has 34 heavy (non-hydrogen) atoms. The molecule has 178 valence electrons. The number of anilines is 2. The first-order chi connectivity index (χ1) is 16.0. The number of carbonyl (C=O) groups excluding carboxylic acids is 1. The molecule has 0 saturated carbocycles. The summed E-state index contributed by atoms with van der Waals surface area (Å²) in [6.07, 6.45) is 0.0420. The summed E-state index contributed by atoms with van der Waals surface area (Å²) in [7, 11) is -3.75. The van der Waals surface area contributed by atoms with Gasteiger partial charge in [-0.15, -0.1) is 0 Å². The van der Waals surface area contributed by atoms with E-state index in [1.54, 1.807) is 42.5 Å². The molecule has 3 aromatic rings. The summed E-state index contributed by atoms with van der Waals surface area (Å²) in [5.74, 6) is 0.305. The molecule has 3 N–H and O–H groups in total. The van der Waals surface area contributed by atoms with Gasteiger partial charge in [-0.25, -0.2) is 8.42 Å². The van der Waals surface area contributed by atoms with Crippen LogP contribution in [0.4, 0.5) is 11.4 Å². The molecule has 0 radical (unpaired) electrons. The molecule has 0 atom stereocenters. The van der Waals surface area contributed by atoms with Crippen LogP contribution in [0.15, 0.2) is 71.6 Å². The molecule has 3 aromatic carbocycles. The number of aryl methyl sites for hydroxylation is 2. The Bertz CT molecular complexity index is 1290. The van der Waals surface area contributed by atoms with Crippen molar-refractivity contribution in [1.82, 2.24) is 5.32 Å². The smallest absolute Gasteiger partial charge is 0.261 e. The average molecular weight is 498 g/mol. The standard InChI is InChI=1S/C25H27N3O4S2/c1-16(2)32-21-10-6-19(7-11-21)24(29)27-25(33)26-20-8-12-22(13-9-20)34(30,31)28-23-14-5-17(3)15-18(23)4/h5-16,28H,1-4H3,(H2,26,27,29,33). The van der Waals surface area contributed by atoms with E-state index in [0.717, 1.165) is 11.1 Å². The van der Waals surface area contributed by atoms with Gasteiger partial charge in [-0.05, 0) is 100 Å². The minimum absolute atomic E-state index is 0.0420. The predicted molar refractivity (Wildman–Crippen MR) is 139 cm³/mol. The van der Waals surface area contributed by atoms with Crippen molar-refractivity contribution in [3.05, 3.63) is 83.4 Å². The second kappa shape index (κ2) is 10.7. The van der Waals surface area contributed by atoms with Crippen LogP contribution in [0, 0.1) is 13.8 Å². The summed E-state index contributed by atoms with van der Waals surface area (Å²) < 4.78 is 33.6. The number of nitrogens with one attached hydrogen (secondary N) is 3. The Hall–Kier alpha value is -3.43. The maximum atomic E-state index is 12.7. The summed E-state index contributed by atoms with van der Waals surface area (Å²) in [5.41, 5.74) is 3.39. The van der Waals surface area contributed by atoms with E-state index in [0.29, 0.717) is 22.7 Å². The summed E-state index contributed by atoms with van der Waals surface area (Å²) in [6.45, 7) is 7.64. The minimum atomic E-state index is -3.75. The van der Waals surface area contributed by atoms with Crippen molar-refractivity contribution in [2.24, 2.45) is 0 Å². The minimum Gasteiger partial charge on any atom is -0.491 e. The number of benzene rings is 3. The lowest BCUT2D eigenvalue weighted by Crippen LogP contribution is -2.34. The number of hydrogen-bond acceptors (Lipinski definition) is 5. The van der Waals surface area contributed by atoms with Crippen molar-refractivity contribution in [3.8, 4) is 5.75 Å². The van der Waals surface area contributed by atoms with Gasteiger partial charge in [0.1, 0.15) is 5.75 Å². The number of hydrogen-bond donors (Lipinski definition) is 3. The van der Waals surface area contributed by atoms with Gasteiger partial charge in [-0.2, -0.15) is 0 Å². The van der Waals surface area contributed by atoms with Crippen LogP contribution in [0.2, 0.25) is 0 Å². The van der Waals surface area contributed by atoms with Crippen molar-refractivity contribution >= 4 is 44.6 Å². The lowest BCUT2D eigenvalue weighted by Gasteiger charge is -2.13. The molecule has 0 aliphatic rings. The molecular formula is C25H27N3O4S2. The highest BCUT2D eigenvalue weighted by molar-refractivity contribution is 7.92. The monoisotopic (exact) mass is 497 g/mol. The Morgan fingerprint density at radius 1 is 0.941 bits per heavy atom. The molecule has 0 fully saturated rings. The highest BCUT2D eigenvalue weighted by Gasteiger charge is 2.16. The zero-order valence-electron chi connectivity index (χ0n) is 19.4. The third-order valence-corrected chi connectivity index (χ3v) is 6.35. The van der Waals surface area contributed by atoms with Crippen LogP contribution in [0.5, 0.6) is 5.75 Å². The Kier molecular flexibility index (Phi) is 7.90. The van der Waals surface area contributed by atoms with Crippen LogP contribution in [0.25, 0.3) is 0 Å². The fraction of sp³-hybridized carbons (Fsp3) is 0.200. The van der Waals surface area contributed by atoms with Gasteiger partial charge in [0.05, 0.1) is 16.7 Å². The van der Waals surface area contributed by atoms with Crippen molar-refractivity contribution in [1.29, 1.82) is 0 Å². The Balaban J connectivity index is 1.60. The second-order valence-corrected chi connectivity index (χ2v) is 10.1. The molecule has 9 heteroatoms. The van der Waals surface area contributed by atoms with E-state index in [-0.39, 0.29) is 22.0 Å². The van der Waals surface area contributed by atoms with Gasteiger partial charge in [0.2, 0.25) is 0 Å². The van der Waals surface area contributed by atoms with Crippen LogP contribution in [-0.2, 0) is 10.0 Å². The Labute approximate surface area is 205 Å². The lowest BCUT2D eigenvalue weighted by molar-refractivity contribution is 0.0977. The van der Waals surface area contributed by atoms with Crippen LogP contribution >= 0.6 is 12.2 Å². The van der Waals surface area contributed by atoms with Crippen molar-refractivity contribution in [3.63, 3.8) is 0 Å². The quantitative estimate of drug-likeness (QED) is 0.397. The molecule has 0 bridgehead atoms. The Morgan fingerprint density at radius 3 is 2.18 bits per heavy atom. The number of sulfonamides is 1. The fourth-order valence-corrected chi connectivity index (χ4v) is 4.49. The molecule has 0 aliphatic heterocycles. The highest BCUT2D eigenvalue weighted by atomic mass is 32.2. The van der Waals surface area contributed by atoms with Gasteiger partial charge in [0, 0.05) is 11.3 Å². The first-order valence-corrected chi connectivity index (χ1v) is 12.5. The second-order valence-electron chi connectivity index (χ2n) is 8.05. The normalized spacial score (nSPS) is 11.1. The van der Waals surface area contributed by atoms with Crippen molar-refractivity contribution < 1.29 is 17.9 Å². The number of carbonyl (C=O) groups is 1. The van der Waals surface area contributed by atoms with Gasteiger partial charge in [0.25, 0.3) is 15.9 Å². The van der Waals surface area contributed by atoms with Gasteiger partial charge in [-0.3, -0.25) is 14.8 Å². The molecule has 0 aliphatic carbocycles. The van der Waals surface area contributed by atoms with E-state index in [4.69, 9.17) is 17.0 Å². The largest absolute Gasteiger partial charge is 0.491 e. The SMILES string of the molecule is Cc1ccc(NS(=O)(=O)c2ccc(NC(=S)NC(=O)c3ccc(OC(C)C)cc3)cc2)c(C)c1. The van der Waals surface area contributed by atoms with E-state index in [2.05, 4.69) is 15.4 Å². The van der Waals surface area contributed by atoms with Crippen molar-refractivity contribution in [2.45, 2.75) is 38.7 Å². The van der Waals surface area contributed by atoms with Gasteiger partial charge < -0.3 is 10.1 Å². The zero-order valence-corrected chi connectivity index (χ0v) is 21.0. The van der Waals surface area contributed by atoms with Crippen molar-refractivity contribution in [2.75, 3.05) is 10.0 Å². The van der Waals surface area contributed by atoms with Gasteiger partial charge in [0.15, 0.2) is 5.11 Å². The van der Waals surface area contributed by atoms with Gasteiger partial charge >= 0.3 is 0 Å². The number of thiocarbonyl (C=S) groups is 1. The topological polar surface area (TPSA) is 96.5 Å². The molecule has 0 heterocycles. The molecule has 1 amide bonds. The van der Waals surface area contributed by atoms with E-state index in [9.17, 15) is 13.2 Å². The number of rotatable bonds is 7. The number of ether oxygens (including phenoxy) is 1. The molecular weight excluding hydrogens is 470 g/mol. The maximum absolute atomic E-state index is 12.7. The van der Waals surface area contributed by atoms with E-state index < -0.39 is 10.0 Å². The zero-order chi connectivity index (χ0) is 24.9. The van der Waals surface area contributed by atoms with E-state index >= 15 is 0 Å². The van der Waals surface area contributed by atoms with Crippen LogP contribution < -0.4 is 20.1 Å². The molecule has 0 unspecified atom stereocenters. The van der Waals surface area contributed by atoms with Gasteiger partial charge in [-0.1, -0.05) is 17.7 Å². The first-order valence-electron chi connectivity index (χ1n) is 10.6. The predicted octanol–water partition coefficient (Wildman–Crippen LogP) is 5.02. The average Bonchev–Trinajstić information content (AvgIpc) is 2.76. The third kappa shape index (κ3) is 6.79. The van der Waals surface area contributed by atoms with E-state index in [1.807, 2.05) is 39.8 Å². The van der Waals surface area contributed by atoms with Crippen LogP contribution in [0.1, 0.15) is 35.3 Å². The third-order valence-electron chi connectivity index (χ3n) is 4.76. The maximum Gasteiger partial charge on any atom is 0.261 e. The molecule has 7 nitrogen and oxygen atoms in total. The molecule has 0 spiro atoms. The van der Waals surface area contributed by atoms with E-state index in [1.165, 1.54) is 12.1 Å². The summed E-state index contributed by atoms with van der Waals surface area (Å²) in [4.78, 5) is 12.5. The highest BCUT2D eigenvalue weighted by Crippen LogP contribution is 2.22. The van der Waals surface area contributed by atoms with Crippen LogP contribution in [0.3, 0.4) is 0 Å². The summed E-state index contributed by atoms with van der Waals surface area (Å²) >= 11 is 5.21. The molecule has 0 saturated heterocycles. The summed E-state index contributed by atoms with van der Waals surface area (Å²) in [6, 6.07) is 18.3. The molecule has 3 rings (SSSR count). The first kappa shape index (κ1) is 25.2. The molecule has 0 aromatic heterocycles. The lowest BCUT2D eigenvalue weighted by atomic mass is 10.1. The fourth-order valence-electron chi connectivity index (χ4n) is 3.14.